The third kappa shape index (κ3) is 4.12. The second-order valence-corrected chi connectivity index (χ2v) is 5.75. The van der Waals surface area contributed by atoms with E-state index < -0.39 is 6.61 Å². The van der Waals surface area contributed by atoms with Crippen LogP contribution >= 0.6 is 0 Å². The maximum Gasteiger partial charge on any atom is 0.387 e. The van der Waals surface area contributed by atoms with E-state index in [2.05, 4.69) is 10.8 Å². The summed E-state index contributed by atoms with van der Waals surface area (Å²) in [7, 11) is 1.71. The van der Waals surface area contributed by atoms with Gasteiger partial charge in [0.25, 0.3) is 5.91 Å². The average molecular weight is 341 g/mol. The van der Waals surface area contributed by atoms with Crippen molar-refractivity contribution in [3.05, 3.63) is 77.9 Å². The number of nitrogens with zero attached hydrogens (tertiary/aromatic N) is 1. The summed E-state index contributed by atoms with van der Waals surface area (Å²) in [5.41, 5.74) is 1.44. The summed E-state index contributed by atoms with van der Waals surface area (Å²) < 4.78 is 28.6. The standard InChI is InChI=1S/C20H17F2NO2/c1-23(13-14-6-7-15-4-2-3-5-17(15)12-14)19(24)16-8-10-18(11-9-16)25-20(21)22/h2-12,20H,13H2,1H3. The number of carbonyl (C=O) groups is 1. The first-order valence-corrected chi connectivity index (χ1v) is 7.81. The highest BCUT2D eigenvalue weighted by Gasteiger charge is 2.13. The number of hydrogen-bond acceptors (Lipinski definition) is 2. The van der Waals surface area contributed by atoms with E-state index in [1.807, 2.05) is 36.4 Å². The van der Waals surface area contributed by atoms with Gasteiger partial charge >= 0.3 is 6.61 Å². The Hall–Kier alpha value is -2.95. The first-order valence-electron chi connectivity index (χ1n) is 7.81. The molecule has 1 amide bonds. The lowest BCUT2D eigenvalue weighted by molar-refractivity contribution is -0.0498. The third-order valence-corrected chi connectivity index (χ3v) is 3.91. The Morgan fingerprint density at radius 3 is 2.36 bits per heavy atom. The maximum atomic E-state index is 12.5. The van der Waals surface area contributed by atoms with Gasteiger partial charge in [0.1, 0.15) is 5.75 Å². The molecule has 0 aliphatic heterocycles. The number of hydrogen-bond donors (Lipinski definition) is 0. The van der Waals surface area contributed by atoms with Gasteiger partial charge in [-0.1, -0.05) is 36.4 Å². The van der Waals surface area contributed by atoms with Gasteiger partial charge in [0, 0.05) is 19.2 Å². The Balaban J connectivity index is 1.70. The highest BCUT2D eigenvalue weighted by Crippen LogP contribution is 2.19. The molecule has 0 aliphatic rings. The van der Waals surface area contributed by atoms with Crippen LogP contribution in [-0.4, -0.2) is 24.5 Å². The van der Waals surface area contributed by atoms with Crippen LogP contribution in [0.25, 0.3) is 10.8 Å². The van der Waals surface area contributed by atoms with Crippen LogP contribution < -0.4 is 4.74 Å². The molecule has 0 unspecified atom stereocenters. The van der Waals surface area contributed by atoms with Gasteiger partial charge in [-0.15, -0.1) is 0 Å². The van der Waals surface area contributed by atoms with E-state index in [1.54, 1.807) is 11.9 Å². The molecule has 0 aliphatic carbocycles. The number of ether oxygens (including phenoxy) is 1. The van der Waals surface area contributed by atoms with Crippen molar-refractivity contribution in [3.8, 4) is 5.75 Å². The molecule has 5 heteroatoms. The quantitative estimate of drug-likeness (QED) is 0.672. The van der Waals surface area contributed by atoms with E-state index >= 15 is 0 Å². The smallest absolute Gasteiger partial charge is 0.387 e. The van der Waals surface area contributed by atoms with E-state index in [9.17, 15) is 13.6 Å². The molecule has 0 aromatic heterocycles. The van der Waals surface area contributed by atoms with Gasteiger partial charge in [0.15, 0.2) is 0 Å². The van der Waals surface area contributed by atoms with Crippen molar-refractivity contribution >= 4 is 16.7 Å². The molecular weight excluding hydrogens is 324 g/mol. The van der Waals surface area contributed by atoms with E-state index in [0.29, 0.717) is 12.1 Å². The van der Waals surface area contributed by atoms with Gasteiger partial charge in [-0.2, -0.15) is 8.78 Å². The third-order valence-electron chi connectivity index (χ3n) is 3.91. The average Bonchev–Trinajstić information content (AvgIpc) is 2.61. The molecule has 0 radical (unpaired) electrons. The number of rotatable bonds is 5. The minimum absolute atomic E-state index is 0.0312. The van der Waals surface area contributed by atoms with E-state index in [4.69, 9.17) is 0 Å². The van der Waals surface area contributed by atoms with Gasteiger partial charge in [0.05, 0.1) is 0 Å². The van der Waals surface area contributed by atoms with Crippen LogP contribution in [0, 0.1) is 0 Å². The molecule has 0 N–H and O–H groups in total. The molecule has 25 heavy (non-hydrogen) atoms. The number of fused-ring (bicyclic) bond motifs is 1. The second kappa shape index (κ2) is 7.30. The molecule has 0 saturated carbocycles. The van der Waals surface area contributed by atoms with Crippen molar-refractivity contribution in [3.63, 3.8) is 0 Å². The van der Waals surface area contributed by atoms with Crippen molar-refractivity contribution in [1.82, 2.24) is 4.90 Å². The lowest BCUT2D eigenvalue weighted by Crippen LogP contribution is -2.26. The van der Waals surface area contributed by atoms with Crippen LogP contribution in [0.15, 0.2) is 66.7 Å². The maximum absolute atomic E-state index is 12.5. The molecular formula is C20H17F2NO2. The molecule has 0 spiro atoms. The van der Waals surface area contributed by atoms with Crippen molar-refractivity contribution in [1.29, 1.82) is 0 Å². The summed E-state index contributed by atoms with van der Waals surface area (Å²) in [6, 6.07) is 19.8. The molecule has 0 fully saturated rings. The first-order chi connectivity index (χ1) is 12.0. The summed E-state index contributed by atoms with van der Waals surface area (Å²) in [6.07, 6.45) is 0. The molecule has 3 rings (SSSR count). The SMILES string of the molecule is CN(Cc1ccc2ccccc2c1)C(=O)c1ccc(OC(F)F)cc1. The lowest BCUT2D eigenvalue weighted by Gasteiger charge is -2.18. The monoisotopic (exact) mass is 341 g/mol. The normalized spacial score (nSPS) is 10.9. The molecule has 3 nitrogen and oxygen atoms in total. The number of benzene rings is 3. The van der Waals surface area contributed by atoms with Gasteiger partial charge in [-0.3, -0.25) is 4.79 Å². The Kier molecular flexibility index (Phi) is 4.93. The molecule has 3 aromatic carbocycles. The molecule has 0 heterocycles. The van der Waals surface area contributed by atoms with Crippen LogP contribution in [0.3, 0.4) is 0 Å². The molecule has 3 aromatic rings. The van der Waals surface area contributed by atoms with Crippen LogP contribution in [0.1, 0.15) is 15.9 Å². The van der Waals surface area contributed by atoms with Gasteiger partial charge in [-0.25, -0.2) is 0 Å². The predicted octanol–water partition coefficient (Wildman–Crippen LogP) is 4.71. The molecule has 0 saturated heterocycles. The van der Waals surface area contributed by atoms with Crippen molar-refractivity contribution < 1.29 is 18.3 Å². The molecule has 128 valence electrons. The number of alkyl halides is 2. The zero-order valence-corrected chi connectivity index (χ0v) is 13.7. The van der Waals surface area contributed by atoms with Crippen LogP contribution in [0.5, 0.6) is 5.75 Å². The van der Waals surface area contributed by atoms with Gasteiger partial charge in [0.2, 0.25) is 0 Å². The van der Waals surface area contributed by atoms with Crippen molar-refractivity contribution in [2.75, 3.05) is 7.05 Å². The van der Waals surface area contributed by atoms with Crippen LogP contribution in [-0.2, 0) is 6.54 Å². The molecule has 0 bridgehead atoms. The Labute approximate surface area is 144 Å². The Morgan fingerprint density at radius 1 is 1.00 bits per heavy atom. The van der Waals surface area contributed by atoms with Crippen LogP contribution in [0.4, 0.5) is 8.78 Å². The fourth-order valence-corrected chi connectivity index (χ4v) is 2.68. The van der Waals surface area contributed by atoms with Gasteiger partial charge in [-0.05, 0) is 46.7 Å². The summed E-state index contributed by atoms with van der Waals surface area (Å²) >= 11 is 0. The minimum Gasteiger partial charge on any atom is -0.435 e. The summed E-state index contributed by atoms with van der Waals surface area (Å²) in [5.74, 6) is -0.152. The second-order valence-electron chi connectivity index (χ2n) is 5.75. The van der Waals surface area contributed by atoms with E-state index in [-0.39, 0.29) is 11.7 Å². The van der Waals surface area contributed by atoms with Crippen LogP contribution in [0.2, 0.25) is 0 Å². The van der Waals surface area contributed by atoms with Crippen molar-refractivity contribution in [2.45, 2.75) is 13.2 Å². The number of carbonyl (C=O) groups excluding carboxylic acids is 1. The predicted molar refractivity (Wildman–Crippen MR) is 92.8 cm³/mol. The van der Waals surface area contributed by atoms with E-state index in [0.717, 1.165) is 16.3 Å². The van der Waals surface area contributed by atoms with Crippen molar-refractivity contribution in [2.24, 2.45) is 0 Å². The highest BCUT2D eigenvalue weighted by atomic mass is 19.3. The Bertz CT molecular complexity index is 878. The fraction of sp³-hybridized carbons (Fsp3) is 0.150. The molecule has 0 atom stereocenters. The summed E-state index contributed by atoms with van der Waals surface area (Å²) in [5, 5.41) is 2.27. The zero-order valence-electron chi connectivity index (χ0n) is 13.7. The minimum atomic E-state index is -2.88. The highest BCUT2D eigenvalue weighted by molar-refractivity contribution is 5.94. The first kappa shape index (κ1) is 16.9. The number of halogens is 2. The lowest BCUT2D eigenvalue weighted by atomic mass is 10.1. The topological polar surface area (TPSA) is 29.5 Å². The Morgan fingerprint density at radius 2 is 1.68 bits per heavy atom. The summed E-state index contributed by atoms with van der Waals surface area (Å²) in [6.45, 7) is -2.42. The fourth-order valence-electron chi connectivity index (χ4n) is 2.68. The summed E-state index contributed by atoms with van der Waals surface area (Å²) in [4.78, 5) is 14.1. The van der Waals surface area contributed by atoms with Gasteiger partial charge < -0.3 is 9.64 Å². The zero-order chi connectivity index (χ0) is 17.8. The van der Waals surface area contributed by atoms with E-state index in [1.165, 1.54) is 24.3 Å². The number of amides is 1. The largest absolute Gasteiger partial charge is 0.435 e.